The van der Waals surface area contributed by atoms with Crippen molar-refractivity contribution < 1.29 is 4.74 Å². The van der Waals surface area contributed by atoms with Crippen LogP contribution in [0.25, 0.3) is 10.9 Å². The number of H-pyrrole nitrogens is 1. The van der Waals surface area contributed by atoms with Crippen LogP contribution in [0.2, 0.25) is 0 Å². The number of nitrogens with zero attached hydrogens (tertiary/aromatic N) is 2. The summed E-state index contributed by atoms with van der Waals surface area (Å²) >= 11 is 0. The van der Waals surface area contributed by atoms with E-state index in [0.29, 0.717) is 0 Å². The quantitative estimate of drug-likeness (QED) is 0.716. The summed E-state index contributed by atoms with van der Waals surface area (Å²) in [6.45, 7) is 0. The van der Waals surface area contributed by atoms with Gasteiger partial charge in [-0.1, -0.05) is 0 Å². The molecule has 0 radical (unpaired) electrons. The molecule has 0 fully saturated rings. The number of nitrogens with one attached hydrogen (secondary N) is 1. The third-order valence-corrected chi connectivity index (χ3v) is 3.11. The van der Waals surface area contributed by atoms with Gasteiger partial charge in [0.1, 0.15) is 5.75 Å². The first-order chi connectivity index (χ1) is 9.63. The monoisotopic (exact) mass is 268 g/mol. The fraction of sp³-hybridized carbons (Fsp3) is 0.133. The summed E-state index contributed by atoms with van der Waals surface area (Å²) in [5.41, 5.74) is 8.37. The van der Waals surface area contributed by atoms with Crippen molar-refractivity contribution in [2.45, 2.75) is 0 Å². The molecule has 102 valence electrons. The maximum absolute atomic E-state index is 5.96. The molecule has 3 rings (SSSR count). The Morgan fingerprint density at radius 3 is 2.60 bits per heavy atom. The number of fused-ring (bicyclic) bond motifs is 1. The van der Waals surface area contributed by atoms with E-state index >= 15 is 0 Å². The van der Waals surface area contributed by atoms with Gasteiger partial charge in [0.2, 0.25) is 0 Å². The van der Waals surface area contributed by atoms with E-state index in [1.54, 1.807) is 6.20 Å². The van der Waals surface area contributed by atoms with Crippen LogP contribution in [-0.2, 0) is 0 Å². The van der Waals surface area contributed by atoms with Crippen LogP contribution >= 0.6 is 0 Å². The number of hydrogen-bond acceptors (Lipinski definition) is 4. The molecule has 0 unspecified atom stereocenters. The standard InChI is InChI=1S/C15H16N4O/c1-19(2)14-8-13-10(9-17-18-13)7-15(14)20-12-5-3-11(16)4-6-12/h3-9H,16H2,1-2H3,(H,17,18). The highest BCUT2D eigenvalue weighted by atomic mass is 16.5. The number of aromatic amines is 1. The van der Waals surface area contributed by atoms with Gasteiger partial charge in [0, 0.05) is 25.2 Å². The molecule has 0 bridgehead atoms. The number of ether oxygens (including phenoxy) is 1. The minimum Gasteiger partial charge on any atom is -0.455 e. The van der Waals surface area contributed by atoms with Crippen LogP contribution in [-0.4, -0.2) is 24.3 Å². The molecule has 0 spiro atoms. The zero-order chi connectivity index (χ0) is 14.1. The molecule has 0 aliphatic carbocycles. The normalized spacial score (nSPS) is 10.7. The molecular formula is C15H16N4O. The van der Waals surface area contributed by atoms with Crippen molar-refractivity contribution >= 4 is 22.3 Å². The van der Waals surface area contributed by atoms with Crippen LogP contribution < -0.4 is 15.4 Å². The van der Waals surface area contributed by atoms with E-state index in [4.69, 9.17) is 10.5 Å². The summed E-state index contributed by atoms with van der Waals surface area (Å²) in [5, 5.41) is 8.03. The average Bonchev–Trinajstić information content (AvgIpc) is 2.87. The number of anilines is 2. The van der Waals surface area contributed by atoms with Crippen molar-refractivity contribution in [2.24, 2.45) is 0 Å². The second-order valence-electron chi connectivity index (χ2n) is 4.84. The van der Waals surface area contributed by atoms with Gasteiger partial charge in [-0.25, -0.2) is 0 Å². The van der Waals surface area contributed by atoms with Gasteiger partial charge >= 0.3 is 0 Å². The number of nitrogens with two attached hydrogens (primary N) is 1. The lowest BCUT2D eigenvalue weighted by molar-refractivity contribution is 0.484. The molecule has 20 heavy (non-hydrogen) atoms. The van der Waals surface area contributed by atoms with Crippen LogP contribution in [0.4, 0.5) is 11.4 Å². The highest BCUT2D eigenvalue weighted by molar-refractivity contribution is 5.85. The first kappa shape index (κ1) is 12.3. The minimum absolute atomic E-state index is 0.718. The van der Waals surface area contributed by atoms with Gasteiger partial charge in [-0.15, -0.1) is 0 Å². The van der Waals surface area contributed by atoms with Crippen LogP contribution in [0, 0.1) is 0 Å². The van der Waals surface area contributed by atoms with Crippen molar-refractivity contribution in [2.75, 3.05) is 24.7 Å². The first-order valence-electron chi connectivity index (χ1n) is 6.31. The van der Waals surface area contributed by atoms with Gasteiger partial charge < -0.3 is 15.4 Å². The lowest BCUT2D eigenvalue weighted by Gasteiger charge is -2.18. The van der Waals surface area contributed by atoms with Gasteiger partial charge in [-0.3, -0.25) is 5.10 Å². The van der Waals surface area contributed by atoms with Gasteiger partial charge in [0.25, 0.3) is 0 Å². The molecule has 1 heterocycles. The molecule has 0 saturated heterocycles. The topological polar surface area (TPSA) is 67.2 Å². The highest BCUT2D eigenvalue weighted by Crippen LogP contribution is 2.34. The largest absolute Gasteiger partial charge is 0.455 e. The number of benzene rings is 2. The molecule has 0 atom stereocenters. The Morgan fingerprint density at radius 1 is 1.15 bits per heavy atom. The van der Waals surface area contributed by atoms with Crippen molar-refractivity contribution in [1.82, 2.24) is 10.2 Å². The van der Waals surface area contributed by atoms with Gasteiger partial charge in [-0.05, 0) is 36.4 Å². The molecule has 2 aromatic carbocycles. The van der Waals surface area contributed by atoms with Gasteiger partial charge in [-0.2, -0.15) is 5.10 Å². The van der Waals surface area contributed by atoms with E-state index in [1.165, 1.54) is 0 Å². The molecule has 5 heteroatoms. The summed E-state index contributed by atoms with van der Waals surface area (Å²) < 4.78 is 5.96. The fourth-order valence-corrected chi connectivity index (χ4v) is 2.05. The van der Waals surface area contributed by atoms with Crippen LogP contribution in [0.3, 0.4) is 0 Å². The van der Waals surface area contributed by atoms with E-state index in [1.807, 2.05) is 55.4 Å². The number of hydrogen-bond donors (Lipinski definition) is 2. The number of nitrogen functional groups attached to an aromatic ring is 1. The fourth-order valence-electron chi connectivity index (χ4n) is 2.05. The Kier molecular flexibility index (Phi) is 2.95. The van der Waals surface area contributed by atoms with Gasteiger partial charge in [0.05, 0.1) is 17.4 Å². The molecule has 0 saturated carbocycles. The Labute approximate surface area is 117 Å². The molecule has 5 nitrogen and oxygen atoms in total. The Bertz CT molecular complexity index is 731. The van der Waals surface area contributed by atoms with E-state index < -0.39 is 0 Å². The van der Waals surface area contributed by atoms with E-state index in [-0.39, 0.29) is 0 Å². The smallest absolute Gasteiger partial charge is 0.151 e. The second kappa shape index (κ2) is 4.77. The zero-order valence-corrected chi connectivity index (χ0v) is 11.4. The van der Waals surface area contributed by atoms with Crippen molar-refractivity contribution in [3.8, 4) is 11.5 Å². The van der Waals surface area contributed by atoms with E-state index in [2.05, 4.69) is 10.2 Å². The molecule has 3 N–H and O–H groups in total. The van der Waals surface area contributed by atoms with Crippen molar-refractivity contribution in [3.05, 3.63) is 42.6 Å². The third-order valence-electron chi connectivity index (χ3n) is 3.11. The summed E-state index contributed by atoms with van der Waals surface area (Å²) in [5.74, 6) is 1.54. The third kappa shape index (κ3) is 2.25. The van der Waals surface area contributed by atoms with Crippen molar-refractivity contribution in [1.29, 1.82) is 0 Å². The summed E-state index contributed by atoms with van der Waals surface area (Å²) in [7, 11) is 3.96. The van der Waals surface area contributed by atoms with Crippen molar-refractivity contribution in [3.63, 3.8) is 0 Å². The molecule has 0 aliphatic heterocycles. The van der Waals surface area contributed by atoms with Gasteiger partial charge in [0.15, 0.2) is 5.75 Å². The molecule has 0 aliphatic rings. The Hall–Kier alpha value is -2.69. The SMILES string of the molecule is CN(C)c1cc2[nH]ncc2cc1Oc1ccc(N)cc1. The van der Waals surface area contributed by atoms with Crippen LogP contribution in [0.5, 0.6) is 11.5 Å². The Balaban J connectivity index is 2.04. The predicted molar refractivity (Wildman–Crippen MR) is 81.3 cm³/mol. The summed E-state index contributed by atoms with van der Waals surface area (Å²) in [4.78, 5) is 2.01. The molecule has 0 amide bonds. The minimum atomic E-state index is 0.718. The lowest BCUT2D eigenvalue weighted by Crippen LogP contribution is -2.09. The second-order valence-corrected chi connectivity index (χ2v) is 4.84. The van der Waals surface area contributed by atoms with Crippen LogP contribution in [0.1, 0.15) is 0 Å². The van der Waals surface area contributed by atoms with E-state index in [9.17, 15) is 0 Å². The molecule has 3 aromatic rings. The van der Waals surface area contributed by atoms with E-state index in [0.717, 1.165) is 33.8 Å². The summed E-state index contributed by atoms with van der Waals surface area (Å²) in [6, 6.07) is 11.4. The molecule has 1 aromatic heterocycles. The average molecular weight is 268 g/mol. The summed E-state index contributed by atoms with van der Waals surface area (Å²) in [6.07, 6.45) is 1.78. The maximum atomic E-state index is 5.96. The molecular weight excluding hydrogens is 252 g/mol. The number of aromatic nitrogens is 2. The zero-order valence-electron chi connectivity index (χ0n) is 11.4. The number of rotatable bonds is 3. The predicted octanol–water partition coefficient (Wildman–Crippen LogP) is 3.00. The maximum Gasteiger partial charge on any atom is 0.151 e. The first-order valence-corrected chi connectivity index (χ1v) is 6.31. The van der Waals surface area contributed by atoms with Crippen LogP contribution in [0.15, 0.2) is 42.6 Å². The lowest BCUT2D eigenvalue weighted by atomic mass is 10.2. The highest BCUT2D eigenvalue weighted by Gasteiger charge is 2.10. The Morgan fingerprint density at radius 2 is 1.90 bits per heavy atom.